The van der Waals surface area contributed by atoms with Crippen LogP contribution in [0.25, 0.3) is 0 Å². The third-order valence-electron chi connectivity index (χ3n) is 1.54. The van der Waals surface area contributed by atoms with Crippen LogP contribution in [0, 0.1) is 0 Å². The van der Waals surface area contributed by atoms with Gasteiger partial charge < -0.3 is 11.1 Å². The van der Waals surface area contributed by atoms with Gasteiger partial charge in [-0.25, -0.2) is 13.1 Å². The Labute approximate surface area is 121 Å². The van der Waals surface area contributed by atoms with E-state index < -0.39 is 15.6 Å². The number of nitrogens with two attached hydrogens (primary N) is 1. The van der Waals surface area contributed by atoms with Crippen LogP contribution in [0.2, 0.25) is 0 Å². The van der Waals surface area contributed by atoms with E-state index in [9.17, 15) is 8.42 Å². The van der Waals surface area contributed by atoms with E-state index >= 15 is 0 Å². The minimum absolute atomic E-state index is 0. The highest BCUT2D eigenvalue weighted by Crippen LogP contribution is 2.03. The van der Waals surface area contributed by atoms with E-state index in [4.69, 9.17) is 5.73 Å². The van der Waals surface area contributed by atoms with Crippen molar-refractivity contribution in [3.05, 3.63) is 0 Å². The largest absolute Gasteiger partial charge is 0.370 e. The van der Waals surface area contributed by atoms with E-state index in [1.807, 2.05) is 13.8 Å². The second kappa shape index (κ2) is 7.37. The van der Waals surface area contributed by atoms with Crippen LogP contribution < -0.4 is 15.8 Å². The molecule has 0 fully saturated rings. The first-order chi connectivity index (χ1) is 7.02. The van der Waals surface area contributed by atoms with Crippen LogP contribution in [0.1, 0.15) is 27.7 Å². The van der Waals surface area contributed by atoms with Gasteiger partial charge in [-0.1, -0.05) is 0 Å². The Bertz CT molecular complexity index is 352. The van der Waals surface area contributed by atoms with E-state index in [0.717, 1.165) is 6.26 Å². The fourth-order valence-electron chi connectivity index (χ4n) is 1.16. The summed E-state index contributed by atoms with van der Waals surface area (Å²) in [5.74, 6) is 0.318. The number of aliphatic imine (C=N–C) groups is 1. The first kappa shape index (κ1) is 19.3. The Balaban J connectivity index is 0. The van der Waals surface area contributed by atoms with Crippen molar-refractivity contribution in [1.82, 2.24) is 10.0 Å². The maximum atomic E-state index is 11.1. The number of sulfonamides is 1. The molecule has 0 aliphatic heterocycles. The average molecular weight is 378 g/mol. The molecule has 8 heteroatoms. The third-order valence-corrected chi connectivity index (χ3v) is 2.47. The van der Waals surface area contributed by atoms with Gasteiger partial charge in [0.05, 0.1) is 12.8 Å². The van der Waals surface area contributed by atoms with Gasteiger partial charge >= 0.3 is 0 Å². The monoisotopic (exact) mass is 378 g/mol. The molecule has 0 heterocycles. The fourth-order valence-corrected chi connectivity index (χ4v) is 2.23. The van der Waals surface area contributed by atoms with Crippen LogP contribution in [0.15, 0.2) is 4.99 Å². The van der Waals surface area contributed by atoms with Gasteiger partial charge in [0.25, 0.3) is 0 Å². The average Bonchev–Trinajstić information content (AvgIpc) is 1.95. The number of nitrogens with one attached hydrogen (secondary N) is 2. The highest BCUT2D eigenvalue weighted by Gasteiger charge is 2.21. The predicted molar refractivity (Wildman–Crippen MR) is 82.2 cm³/mol. The van der Waals surface area contributed by atoms with Crippen molar-refractivity contribution in [3.63, 3.8) is 0 Å². The molecule has 0 aliphatic rings. The van der Waals surface area contributed by atoms with Crippen molar-refractivity contribution in [2.24, 2.45) is 10.7 Å². The molecular weight excluding hydrogens is 355 g/mol. The molecule has 6 nitrogen and oxygen atoms in total. The highest BCUT2D eigenvalue weighted by molar-refractivity contribution is 14.0. The zero-order chi connectivity index (χ0) is 13.0. The molecule has 0 bridgehead atoms. The molecule has 0 aliphatic carbocycles. The zero-order valence-corrected chi connectivity index (χ0v) is 14.1. The minimum atomic E-state index is -3.23. The number of halogens is 1. The van der Waals surface area contributed by atoms with Crippen molar-refractivity contribution in [2.45, 2.75) is 39.3 Å². The molecule has 0 radical (unpaired) electrons. The summed E-state index contributed by atoms with van der Waals surface area (Å²) < 4.78 is 24.6. The normalized spacial score (nSPS) is 13.4. The van der Waals surface area contributed by atoms with Crippen LogP contribution in [-0.4, -0.2) is 38.8 Å². The van der Waals surface area contributed by atoms with Crippen LogP contribution in [0.3, 0.4) is 0 Å². The van der Waals surface area contributed by atoms with Gasteiger partial charge in [0, 0.05) is 11.6 Å². The van der Waals surface area contributed by atoms with Gasteiger partial charge in [0.15, 0.2) is 5.96 Å². The minimum Gasteiger partial charge on any atom is -0.370 e. The summed E-state index contributed by atoms with van der Waals surface area (Å²) in [5, 5.41) is 2.93. The maximum absolute atomic E-state index is 11.1. The first-order valence-corrected chi connectivity index (χ1v) is 6.96. The van der Waals surface area contributed by atoms with Crippen molar-refractivity contribution < 1.29 is 8.42 Å². The first-order valence-electron chi connectivity index (χ1n) is 5.07. The van der Waals surface area contributed by atoms with Gasteiger partial charge in [-0.3, -0.25) is 4.99 Å². The lowest BCUT2D eigenvalue weighted by atomic mass is 10.1. The Morgan fingerprint density at radius 2 is 1.88 bits per heavy atom. The molecule has 0 rings (SSSR count). The molecule has 0 atom stereocenters. The Morgan fingerprint density at radius 1 is 1.41 bits per heavy atom. The smallest absolute Gasteiger partial charge is 0.209 e. The maximum Gasteiger partial charge on any atom is 0.209 e. The van der Waals surface area contributed by atoms with Crippen LogP contribution in [0.4, 0.5) is 0 Å². The van der Waals surface area contributed by atoms with Gasteiger partial charge in [-0.15, -0.1) is 24.0 Å². The van der Waals surface area contributed by atoms with Gasteiger partial charge in [0.2, 0.25) is 10.0 Å². The number of hydrogen-bond donors (Lipinski definition) is 3. The molecule has 0 saturated carbocycles. The number of guanidine groups is 1. The topological polar surface area (TPSA) is 96.6 Å². The fraction of sp³-hybridized carbons (Fsp3) is 0.889. The van der Waals surface area contributed by atoms with Crippen molar-refractivity contribution in [2.75, 3.05) is 12.8 Å². The molecule has 0 aromatic rings. The summed E-state index contributed by atoms with van der Waals surface area (Å²) in [6, 6.07) is 0.203. The molecule has 4 N–H and O–H groups in total. The summed E-state index contributed by atoms with van der Waals surface area (Å²) >= 11 is 0. The summed E-state index contributed by atoms with van der Waals surface area (Å²) in [7, 11) is -3.23. The Morgan fingerprint density at radius 3 is 2.24 bits per heavy atom. The Hall–Kier alpha value is -0.0900. The summed E-state index contributed by atoms with van der Waals surface area (Å²) in [6.07, 6.45) is 1.12. The second-order valence-electron chi connectivity index (χ2n) is 4.76. The van der Waals surface area contributed by atoms with E-state index in [0.29, 0.717) is 5.96 Å². The van der Waals surface area contributed by atoms with E-state index in [1.165, 1.54) is 0 Å². The van der Waals surface area contributed by atoms with Crippen molar-refractivity contribution >= 4 is 40.0 Å². The molecule has 0 spiro atoms. The van der Waals surface area contributed by atoms with Gasteiger partial charge in [0.1, 0.15) is 0 Å². The van der Waals surface area contributed by atoms with E-state index in [2.05, 4.69) is 15.0 Å². The Kier molecular flexibility index (Phi) is 8.34. The molecule has 0 aromatic carbocycles. The van der Waals surface area contributed by atoms with Crippen molar-refractivity contribution in [1.29, 1.82) is 0 Å². The molecule has 0 saturated heterocycles. The molecule has 0 amide bonds. The predicted octanol–water partition coefficient (Wildman–Crippen LogP) is 0.245. The third kappa shape index (κ3) is 12.2. The molecule has 0 unspecified atom stereocenters. The highest BCUT2D eigenvalue weighted by atomic mass is 127. The lowest BCUT2D eigenvalue weighted by Crippen LogP contribution is -2.46. The zero-order valence-electron chi connectivity index (χ0n) is 10.9. The number of hydrogen-bond acceptors (Lipinski definition) is 3. The van der Waals surface area contributed by atoms with E-state index in [-0.39, 0.29) is 36.6 Å². The second-order valence-corrected chi connectivity index (χ2v) is 6.51. The number of rotatable bonds is 5. The van der Waals surface area contributed by atoms with Crippen LogP contribution in [-0.2, 0) is 10.0 Å². The lowest BCUT2D eigenvalue weighted by Gasteiger charge is -2.23. The lowest BCUT2D eigenvalue weighted by molar-refractivity contribution is 0.465. The van der Waals surface area contributed by atoms with Crippen molar-refractivity contribution in [3.8, 4) is 0 Å². The molecular formula is C9H23IN4O2S. The molecule has 17 heavy (non-hydrogen) atoms. The summed E-state index contributed by atoms with van der Waals surface area (Å²) in [5.41, 5.74) is 4.97. The van der Waals surface area contributed by atoms with Crippen LogP contribution in [0.5, 0.6) is 0 Å². The van der Waals surface area contributed by atoms with Crippen LogP contribution >= 0.6 is 24.0 Å². The standard InChI is InChI=1S/C9H22N4O2S.HI/c1-7(2)12-8(10)11-6-9(3,4)13-16(5,14)15;/h7,13H,6H2,1-5H3,(H3,10,11,12);1H. The van der Waals surface area contributed by atoms with Gasteiger partial charge in [-0.05, 0) is 27.7 Å². The molecule has 0 aromatic heterocycles. The van der Waals surface area contributed by atoms with E-state index in [1.54, 1.807) is 13.8 Å². The van der Waals surface area contributed by atoms with Gasteiger partial charge in [-0.2, -0.15) is 0 Å². The SMILES string of the molecule is CC(C)NC(N)=NCC(C)(C)NS(C)(=O)=O.I. The molecule has 104 valence electrons. The summed E-state index contributed by atoms with van der Waals surface area (Å²) in [4.78, 5) is 4.08. The summed E-state index contributed by atoms with van der Waals surface area (Å²) in [6.45, 7) is 7.68. The quantitative estimate of drug-likeness (QED) is 0.363. The number of nitrogens with zero attached hydrogens (tertiary/aromatic N) is 1.